The lowest BCUT2D eigenvalue weighted by Crippen LogP contribution is -2.00. The van der Waals surface area contributed by atoms with Crippen LogP contribution in [0.4, 0.5) is 0 Å². The molecule has 0 aliphatic heterocycles. The molecule has 0 saturated heterocycles. The Morgan fingerprint density at radius 3 is 2.65 bits per heavy atom. The van der Waals surface area contributed by atoms with E-state index in [9.17, 15) is 4.79 Å². The van der Waals surface area contributed by atoms with Gasteiger partial charge in [0, 0.05) is 5.56 Å². The van der Waals surface area contributed by atoms with Crippen molar-refractivity contribution in [2.45, 2.75) is 0 Å². The molecule has 0 fully saturated rings. The summed E-state index contributed by atoms with van der Waals surface area (Å²) in [4.78, 5) is 18.7. The number of carboxylic acid groups (broad SMARTS) is 1. The highest BCUT2D eigenvalue weighted by Crippen LogP contribution is 2.28. The SMILES string of the molecule is O=C(O)c1ccccc1-c1nc(Cl)ncc1Cl. The number of carbonyl (C=O) groups is 1. The van der Waals surface area contributed by atoms with Crippen molar-refractivity contribution in [2.75, 3.05) is 0 Å². The predicted octanol–water partition coefficient (Wildman–Crippen LogP) is 3.15. The second-order valence-electron chi connectivity index (χ2n) is 3.19. The Bertz CT molecular complexity index is 587. The molecule has 4 nitrogen and oxygen atoms in total. The maximum Gasteiger partial charge on any atom is 0.336 e. The van der Waals surface area contributed by atoms with Gasteiger partial charge in [-0.3, -0.25) is 0 Å². The maximum absolute atomic E-state index is 11.1. The number of nitrogens with zero attached hydrogens (tertiary/aromatic N) is 2. The van der Waals surface area contributed by atoms with Crippen molar-refractivity contribution < 1.29 is 9.90 Å². The van der Waals surface area contributed by atoms with Crippen LogP contribution in [0.5, 0.6) is 0 Å². The van der Waals surface area contributed by atoms with E-state index in [-0.39, 0.29) is 15.9 Å². The molecule has 86 valence electrons. The fraction of sp³-hybridized carbons (Fsp3) is 0. The van der Waals surface area contributed by atoms with E-state index in [1.54, 1.807) is 18.2 Å². The number of rotatable bonds is 2. The zero-order valence-corrected chi connectivity index (χ0v) is 9.90. The molecule has 0 amide bonds. The lowest BCUT2D eigenvalue weighted by Gasteiger charge is -2.06. The molecule has 0 unspecified atom stereocenters. The molecule has 6 heteroatoms. The summed E-state index contributed by atoms with van der Waals surface area (Å²) in [6.07, 6.45) is 1.34. The number of aromatic carboxylic acids is 1. The highest BCUT2D eigenvalue weighted by atomic mass is 35.5. The molecule has 17 heavy (non-hydrogen) atoms. The van der Waals surface area contributed by atoms with E-state index in [1.165, 1.54) is 12.3 Å². The zero-order chi connectivity index (χ0) is 12.4. The van der Waals surface area contributed by atoms with Gasteiger partial charge < -0.3 is 5.11 Å². The fourth-order valence-corrected chi connectivity index (χ4v) is 1.74. The number of carboxylic acids is 1. The van der Waals surface area contributed by atoms with E-state index in [1.807, 2.05) is 0 Å². The first-order valence-electron chi connectivity index (χ1n) is 4.60. The van der Waals surface area contributed by atoms with E-state index in [0.717, 1.165) is 0 Å². The molecule has 1 aromatic heterocycles. The minimum Gasteiger partial charge on any atom is -0.478 e. The molecule has 1 aromatic carbocycles. The number of benzene rings is 1. The summed E-state index contributed by atoms with van der Waals surface area (Å²) >= 11 is 11.6. The second kappa shape index (κ2) is 4.69. The fourth-order valence-electron chi connectivity index (χ4n) is 1.41. The normalized spacial score (nSPS) is 10.2. The van der Waals surface area contributed by atoms with Crippen LogP contribution in [0.2, 0.25) is 10.3 Å². The van der Waals surface area contributed by atoms with Gasteiger partial charge in [-0.2, -0.15) is 0 Å². The number of hydrogen-bond acceptors (Lipinski definition) is 3. The Hall–Kier alpha value is -1.65. The molecule has 1 heterocycles. The highest BCUT2D eigenvalue weighted by molar-refractivity contribution is 6.33. The molecule has 2 aromatic rings. The largest absolute Gasteiger partial charge is 0.478 e. The van der Waals surface area contributed by atoms with Crippen LogP contribution in [-0.4, -0.2) is 21.0 Å². The van der Waals surface area contributed by atoms with Crippen molar-refractivity contribution in [3.63, 3.8) is 0 Å². The van der Waals surface area contributed by atoms with Crippen LogP contribution in [0.3, 0.4) is 0 Å². The Labute approximate surface area is 107 Å². The van der Waals surface area contributed by atoms with Gasteiger partial charge in [-0.15, -0.1) is 0 Å². The quantitative estimate of drug-likeness (QED) is 0.850. The van der Waals surface area contributed by atoms with Gasteiger partial charge in [-0.25, -0.2) is 14.8 Å². The smallest absolute Gasteiger partial charge is 0.336 e. The molecular weight excluding hydrogens is 263 g/mol. The standard InChI is InChI=1S/C11H6Cl2N2O2/c12-8-5-14-11(13)15-9(8)6-3-1-2-4-7(6)10(16)17/h1-5H,(H,16,17). The summed E-state index contributed by atoms with van der Waals surface area (Å²) in [5, 5.41) is 9.34. The van der Waals surface area contributed by atoms with Crippen LogP contribution < -0.4 is 0 Å². The number of hydrogen-bond donors (Lipinski definition) is 1. The van der Waals surface area contributed by atoms with E-state index < -0.39 is 5.97 Å². The third-order valence-electron chi connectivity index (χ3n) is 2.13. The van der Waals surface area contributed by atoms with Gasteiger partial charge >= 0.3 is 5.97 Å². The summed E-state index contributed by atoms with van der Waals surface area (Å²) in [7, 11) is 0. The first-order chi connectivity index (χ1) is 8.09. The van der Waals surface area contributed by atoms with E-state index >= 15 is 0 Å². The zero-order valence-electron chi connectivity index (χ0n) is 8.39. The monoisotopic (exact) mass is 268 g/mol. The topological polar surface area (TPSA) is 63.1 Å². The van der Waals surface area contributed by atoms with Crippen LogP contribution >= 0.6 is 23.2 Å². The van der Waals surface area contributed by atoms with Crippen LogP contribution in [0.1, 0.15) is 10.4 Å². The van der Waals surface area contributed by atoms with E-state index in [4.69, 9.17) is 28.3 Å². The minimum absolute atomic E-state index is 0.0181. The number of aromatic nitrogens is 2. The predicted molar refractivity (Wildman–Crippen MR) is 64.4 cm³/mol. The lowest BCUT2D eigenvalue weighted by molar-refractivity contribution is 0.0697. The van der Waals surface area contributed by atoms with E-state index in [0.29, 0.717) is 11.3 Å². The molecule has 0 aliphatic carbocycles. The molecule has 1 N–H and O–H groups in total. The minimum atomic E-state index is -1.05. The van der Waals surface area contributed by atoms with Gasteiger partial charge in [0.15, 0.2) is 0 Å². The van der Waals surface area contributed by atoms with Gasteiger partial charge in [0.25, 0.3) is 0 Å². The van der Waals surface area contributed by atoms with Crippen molar-refractivity contribution in [1.82, 2.24) is 9.97 Å². The van der Waals surface area contributed by atoms with Gasteiger partial charge in [-0.1, -0.05) is 29.8 Å². The third kappa shape index (κ3) is 2.38. The third-order valence-corrected chi connectivity index (χ3v) is 2.59. The Morgan fingerprint density at radius 2 is 1.94 bits per heavy atom. The molecule has 2 rings (SSSR count). The van der Waals surface area contributed by atoms with Gasteiger partial charge in [0.05, 0.1) is 22.5 Å². The first-order valence-corrected chi connectivity index (χ1v) is 5.36. The summed E-state index contributed by atoms with van der Waals surface area (Å²) in [6, 6.07) is 6.43. The van der Waals surface area contributed by atoms with Crippen molar-refractivity contribution in [3.8, 4) is 11.3 Å². The van der Waals surface area contributed by atoms with Crippen molar-refractivity contribution >= 4 is 29.2 Å². The van der Waals surface area contributed by atoms with Crippen LogP contribution in [0, 0.1) is 0 Å². The molecule has 0 aliphatic rings. The maximum atomic E-state index is 11.1. The average molecular weight is 269 g/mol. The molecule has 0 saturated carbocycles. The Balaban J connectivity index is 2.68. The molecule has 0 atom stereocenters. The van der Waals surface area contributed by atoms with Crippen LogP contribution in [0.25, 0.3) is 11.3 Å². The van der Waals surface area contributed by atoms with Crippen molar-refractivity contribution in [1.29, 1.82) is 0 Å². The van der Waals surface area contributed by atoms with Crippen molar-refractivity contribution in [3.05, 3.63) is 46.3 Å². The molecule has 0 bridgehead atoms. The number of halogens is 2. The first kappa shape index (κ1) is 11.8. The molecule has 0 spiro atoms. The van der Waals surface area contributed by atoms with E-state index in [2.05, 4.69) is 9.97 Å². The average Bonchev–Trinajstić information content (AvgIpc) is 2.32. The summed E-state index contributed by atoms with van der Waals surface area (Å²) in [6.45, 7) is 0. The summed E-state index contributed by atoms with van der Waals surface area (Å²) in [5.41, 5.74) is 0.836. The molecule has 0 radical (unpaired) electrons. The van der Waals surface area contributed by atoms with Gasteiger partial charge in [0.1, 0.15) is 0 Å². The Kier molecular flexibility index (Phi) is 3.26. The summed E-state index contributed by atoms with van der Waals surface area (Å²) in [5.74, 6) is -1.05. The molecular formula is C11H6Cl2N2O2. The lowest BCUT2D eigenvalue weighted by atomic mass is 10.0. The van der Waals surface area contributed by atoms with Gasteiger partial charge in [0.2, 0.25) is 5.28 Å². The van der Waals surface area contributed by atoms with Crippen LogP contribution in [-0.2, 0) is 0 Å². The summed E-state index contributed by atoms with van der Waals surface area (Å²) < 4.78 is 0. The van der Waals surface area contributed by atoms with Crippen LogP contribution in [0.15, 0.2) is 30.5 Å². The van der Waals surface area contributed by atoms with Gasteiger partial charge in [-0.05, 0) is 17.7 Å². The Morgan fingerprint density at radius 1 is 1.24 bits per heavy atom. The van der Waals surface area contributed by atoms with Crippen molar-refractivity contribution in [2.24, 2.45) is 0 Å². The second-order valence-corrected chi connectivity index (χ2v) is 3.93. The highest BCUT2D eigenvalue weighted by Gasteiger charge is 2.15.